The highest BCUT2D eigenvalue weighted by Crippen LogP contribution is 2.23. The van der Waals surface area contributed by atoms with E-state index in [2.05, 4.69) is 84.7 Å². The van der Waals surface area contributed by atoms with Gasteiger partial charge in [-0.1, -0.05) is 103 Å². The normalized spacial score (nSPS) is 10.7. The number of benzene rings is 4. The molecule has 0 unspecified atom stereocenters. The Bertz CT molecular complexity index is 1120. The molecule has 0 aliphatic rings. The Morgan fingerprint density at radius 3 is 2.15 bits per heavy atom. The van der Waals surface area contributed by atoms with E-state index in [1.807, 2.05) is 36.4 Å². The topological polar surface area (TPSA) is 0 Å². The summed E-state index contributed by atoms with van der Waals surface area (Å²) in [6.45, 7) is 0. The van der Waals surface area contributed by atoms with Crippen LogP contribution in [0.1, 0.15) is 22.3 Å². The van der Waals surface area contributed by atoms with Gasteiger partial charge in [0.1, 0.15) is 0 Å². The molecule has 4 aromatic rings. The van der Waals surface area contributed by atoms with Gasteiger partial charge in [0.25, 0.3) is 0 Å². The van der Waals surface area contributed by atoms with Crippen molar-refractivity contribution in [2.24, 2.45) is 0 Å². The molecule has 0 bridgehead atoms. The van der Waals surface area contributed by atoms with Crippen LogP contribution in [-0.4, -0.2) is 0 Å². The van der Waals surface area contributed by atoms with Crippen LogP contribution in [0.15, 0.2) is 103 Å². The first-order valence-corrected chi connectivity index (χ1v) is 9.19. The molecule has 0 heteroatoms. The zero-order valence-corrected chi connectivity index (χ0v) is 15.1. The number of hydrogen-bond acceptors (Lipinski definition) is 0. The first-order valence-electron chi connectivity index (χ1n) is 9.19. The Hall–Kier alpha value is -3.56. The summed E-state index contributed by atoms with van der Waals surface area (Å²) in [6, 6.07) is 33.4. The highest BCUT2D eigenvalue weighted by atomic mass is 14.1. The summed E-state index contributed by atoms with van der Waals surface area (Å²) in [7, 11) is 0. The van der Waals surface area contributed by atoms with Gasteiger partial charge in [0, 0.05) is 11.1 Å². The molecule has 4 rings (SSSR count). The van der Waals surface area contributed by atoms with Crippen molar-refractivity contribution in [3.05, 3.63) is 125 Å². The number of allylic oxidation sites excluding steroid dienone is 1. The second-order valence-corrected chi connectivity index (χ2v) is 6.45. The van der Waals surface area contributed by atoms with Gasteiger partial charge < -0.3 is 0 Å². The molecule has 0 heterocycles. The molecule has 0 spiro atoms. The minimum absolute atomic E-state index is 0.856. The zero-order chi connectivity index (χ0) is 18.3. The van der Waals surface area contributed by atoms with Crippen molar-refractivity contribution in [1.82, 2.24) is 0 Å². The van der Waals surface area contributed by atoms with Crippen molar-refractivity contribution in [3.63, 3.8) is 0 Å². The van der Waals surface area contributed by atoms with Crippen LogP contribution < -0.4 is 0 Å². The molecule has 0 atom stereocenters. The first-order chi connectivity index (χ1) is 13.4. The van der Waals surface area contributed by atoms with Crippen LogP contribution in [0.4, 0.5) is 0 Å². The summed E-state index contributed by atoms with van der Waals surface area (Å²) < 4.78 is 0. The Morgan fingerprint density at radius 2 is 1.33 bits per heavy atom. The van der Waals surface area contributed by atoms with E-state index < -0.39 is 0 Å². The van der Waals surface area contributed by atoms with Gasteiger partial charge in [-0.05, 0) is 46.5 Å². The maximum absolute atomic E-state index is 3.39. The molecule has 0 N–H and O–H groups in total. The van der Waals surface area contributed by atoms with E-state index in [1.165, 1.54) is 21.9 Å². The fourth-order valence-corrected chi connectivity index (χ4v) is 3.21. The molecular weight excluding hydrogens is 324 g/mol. The Balaban J connectivity index is 1.72. The van der Waals surface area contributed by atoms with Crippen molar-refractivity contribution in [1.29, 1.82) is 0 Å². The van der Waals surface area contributed by atoms with Crippen LogP contribution in [0.2, 0.25) is 0 Å². The van der Waals surface area contributed by atoms with Crippen molar-refractivity contribution >= 4 is 16.8 Å². The average Bonchev–Trinajstić information content (AvgIpc) is 2.74. The molecular formula is C27H20. The van der Waals surface area contributed by atoms with Gasteiger partial charge >= 0.3 is 0 Å². The SMILES string of the molecule is C(#Cc1ccc2ccccc2c1C/C=C/c1ccccc1)c1ccccc1. The van der Waals surface area contributed by atoms with Gasteiger partial charge in [0.15, 0.2) is 0 Å². The number of fused-ring (bicyclic) bond motifs is 1. The molecule has 0 aromatic heterocycles. The molecule has 0 radical (unpaired) electrons. The smallest absolute Gasteiger partial charge is 0.0290 e. The third kappa shape index (κ3) is 4.17. The zero-order valence-electron chi connectivity index (χ0n) is 15.1. The van der Waals surface area contributed by atoms with E-state index in [0.29, 0.717) is 0 Å². The lowest BCUT2D eigenvalue weighted by atomic mass is 9.96. The second-order valence-electron chi connectivity index (χ2n) is 6.45. The fourth-order valence-electron chi connectivity index (χ4n) is 3.21. The first kappa shape index (κ1) is 16.9. The predicted molar refractivity (Wildman–Crippen MR) is 116 cm³/mol. The minimum atomic E-state index is 0.856. The van der Waals surface area contributed by atoms with Gasteiger partial charge in [-0.3, -0.25) is 0 Å². The van der Waals surface area contributed by atoms with E-state index >= 15 is 0 Å². The van der Waals surface area contributed by atoms with Gasteiger partial charge in [-0.2, -0.15) is 0 Å². The predicted octanol–water partition coefficient (Wildman–Crippen LogP) is 6.50. The van der Waals surface area contributed by atoms with Gasteiger partial charge in [0.05, 0.1) is 0 Å². The van der Waals surface area contributed by atoms with E-state index in [9.17, 15) is 0 Å². The lowest BCUT2D eigenvalue weighted by Gasteiger charge is -2.08. The molecule has 0 aliphatic heterocycles. The third-order valence-electron chi connectivity index (χ3n) is 4.59. The summed E-state index contributed by atoms with van der Waals surface area (Å²) in [5, 5.41) is 2.53. The fraction of sp³-hybridized carbons (Fsp3) is 0.0370. The summed E-state index contributed by atoms with van der Waals surface area (Å²) >= 11 is 0. The van der Waals surface area contributed by atoms with Crippen molar-refractivity contribution < 1.29 is 0 Å². The molecule has 0 saturated carbocycles. The molecule has 0 aliphatic carbocycles. The standard InChI is InChI=1S/C27H20/c1-3-10-22(11-4-1)14-9-17-27-25(19-18-23-12-5-2-6-13-23)21-20-24-15-7-8-16-26(24)27/h1-16,20-21H,17H2/b14-9+. The molecule has 0 nitrogen and oxygen atoms in total. The van der Waals surface area contributed by atoms with Crippen LogP contribution in [0.5, 0.6) is 0 Å². The largest absolute Gasteiger partial charge is 0.0795 e. The average molecular weight is 344 g/mol. The van der Waals surface area contributed by atoms with Crippen LogP contribution in [0.25, 0.3) is 16.8 Å². The summed E-state index contributed by atoms with van der Waals surface area (Å²) in [5.41, 5.74) is 4.63. The monoisotopic (exact) mass is 344 g/mol. The molecule has 4 aromatic carbocycles. The summed E-state index contributed by atoms with van der Waals surface area (Å²) in [5.74, 6) is 6.69. The van der Waals surface area contributed by atoms with Crippen LogP contribution in [0, 0.1) is 11.8 Å². The van der Waals surface area contributed by atoms with Crippen molar-refractivity contribution in [2.45, 2.75) is 6.42 Å². The third-order valence-corrected chi connectivity index (χ3v) is 4.59. The van der Waals surface area contributed by atoms with Crippen molar-refractivity contribution in [3.8, 4) is 11.8 Å². The minimum Gasteiger partial charge on any atom is -0.0795 e. The van der Waals surface area contributed by atoms with Gasteiger partial charge in [-0.15, -0.1) is 0 Å². The van der Waals surface area contributed by atoms with Gasteiger partial charge in [0.2, 0.25) is 0 Å². The van der Waals surface area contributed by atoms with Crippen molar-refractivity contribution in [2.75, 3.05) is 0 Å². The Labute approximate surface area is 160 Å². The van der Waals surface area contributed by atoms with Crippen LogP contribution in [0.3, 0.4) is 0 Å². The molecule has 27 heavy (non-hydrogen) atoms. The molecule has 128 valence electrons. The van der Waals surface area contributed by atoms with E-state index in [-0.39, 0.29) is 0 Å². The summed E-state index contributed by atoms with van der Waals surface area (Å²) in [4.78, 5) is 0. The molecule has 0 saturated heterocycles. The highest BCUT2D eigenvalue weighted by Gasteiger charge is 2.04. The molecule has 0 amide bonds. The molecule has 0 fully saturated rings. The van der Waals surface area contributed by atoms with Gasteiger partial charge in [-0.25, -0.2) is 0 Å². The maximum Gasteiger partial charge on any atom is 0.0290 e. The maximum atomic E-state index is 3.39. The summed E-state index contributed by atoms with van der Waals surface area (Å²) in [6.07, 6.45) is 5.26. The second kappa shape index (κ2) is 8.21. The van der Waals surface area contributed by atoms with E-state index in [4.69, 9.17) is 0 Å². The van der Waals surface area contributed by atoms with E-state index in [0.717, 1.165) is 17.5 Å². The van der Waals surface area contributed by atoms with Crippen LogP contribution in [-0.2, 0) is 6.42 Å². The lowest BCUT2D eigenvalue weighted by molar-refractivity contribution is 1.29. The van der Waals surface area contributed by atoms with E-state index in [1.54, 1.807) is 0 Å². The lowest BCUT2D eigenvalue weighted by Crippen LogP contribution is -1.91. The number of hydrogen-bond donors (Lipinski definition) is 0. The highest BCUT2D eigenvalue weighted by molar-refractivity contribution is 5.88. The number of rotatable bonds is 3. The quantitative estimate of drug-likeness (QED) is 0.372. The Morgan fingerprint density at radius 1 is 0.630 bits per heavy atom. The Kier molecular flexibility index (Phi) is 5.14. The van der Waals surface area contributed by atoms with Crippen LogP contribution >= 0.6 is 0 Å².